The van der Waals surface area contributed by atoms with Gasteiger partial charge < -0.3 is 9.47 Å². The molecule has 2 aromatic heterocycles. The van der Waals surface area contributed by atoms with Crippen LogP contribution in [-0.2, 0) is 10.8 Å². The minimum absolute atomic E-state index is 0.562. The van der Waals surface area contributed by atoms with Gasteiger partial charge >= 0.3 is 0 Å². The smallest absolute Gasteiger partial charge is 0.164 e. The molecule has 0 fully saturated rings. The number of hydrogen-bond donors (Lipinski definition) is 0. The zero-order valence-electron chi connectivity index (χ0n) is 56.0. The van der Waals surface area contributed by atoms with Crippen LogP contribution in [0.3, 0.4) is 0 Å². The van der Waals surface area contributed by atoms with E-state index in [0.29, 0.717) is 23.3 Å². The highest BCUT2D eigenvalue weighted by atomic mass is 16.5. The summed E-state index contributed by atoms with van der Waals surface area (Å²) in [6.07, 6.45) is 0. The third-order valence-electron chi connectivity index (χ3n) is 22.2. The first-order valence-electron chi connectivity index (χ1n) is 35.4. The van der Waals surface area contributed by atoms with Gasteiger partial charge in [0.25, 0.3) is 0 Å². The summed E-state index contributed by atoms with van der Waals surface area (Å²) in [6, 6.07) is 124. The summed E-state index contributed by atoms with van der Waals surface area (Å²) in [4.78, 5) is 27.4. The maximum absolute atomic E-state index is 7.66. The van der Waals surface area contributed by atoms with Crippen molar-refractivity contribution in [1.82, 2.24) is 24.9 Å². The summed E-state index contributed by atoms with van der Waals surface area (Å²) < 4.78 is 15.0. The molecular weight excluding hydrogens is 1270 g/mol. The summed E-state index contributed by atoms with van der Waals surface area (Å²) in [5, 5.41) is 8.58. The molecule has 482 valence electrons. The Morgan fingerprint density at radius 3 is 1.03 bits per heavy atom. The minimum Gasteiger partial charge on any atom is -0.455 e. The van der Waals surface area contributed by atoms with Crippen LogP contribution in [0.25, 0.3) is 145 Å². The maximum Gasteiger partial charge on any atom is 0.164 e. The lowest BCUT2D eigenvalue weighted by Gasteiger charge is -2.40. The number of nitrogens with zero attached hydrogens (tertiary/aromatic N) is 5. The molecule has 2 aliphatic carbocycles. The third kappa shape index (κ3) is 8.31. The van der Waals surface area contributed by atoms with E-state index in [0.717, 1.165) is 178 Å². The van der Waals surface area contributed by atoms with Gasteiger partial charge in [0.2, 0.25) is 0 Å². The van der Waals surface area contributed by atoms with Crippen molar-refractivity contribution >= 4 is 43.1 Å². The van der Waals surface area contributed by atoms with Gasteiger partial charge in [-0.25, -0.2) is 24.9 Å². The van der Waals surface area contributed by atoms with Gasteiger partial charge in [-0.3, -0.25) is 0 Å². The second-order valence-electron chi connectivity index (χ2n) is 27.6. The molecule has 1 atom stereocenters. The molecule has 2 spiro atoms. The van der Waals surface area contributed by atoms with Crippen LogP contribution in [0, 0.1) is 0 Å². The van der Waals surface area contributed by atoms with Crippen molar-refractivity contribution in [3.8, 4) is 124 Å². The quantitative estimate of drug-likeness (QED) is 0.157. The Hall–Kier alpha value is -13.8. The lowest BCUT2D eigenvalue weighted by molar-refractivity contribution is 0.447. The van der Waals surface area contributed by atoms with Crippen molar-refractivity contribution in [2.24, 2.45) is 0 Å². The molecular formula is C97H57N5O2. The van der Waals surface area contributed by atoms with Gasteiger partial charge in [0.15, 0.2) is 23.3 Å². The van der Waals surface area contributed by atoms with Crippen molar-refractivity contribution in [3.63, 3.8) is 0 Å². The number of ether oxygens (including phenoxy) is 2. The van der Waals surface area contributed by atoms with Crippen LogP contribution in [0.15, 0.2) is 346 Å². The first-order valence-corrected chi connectivity index (χ1v) is 35.4. The Morgan fingerprint density at radius 2 is 0.529 bits per heavy atom. The molecule has 22 rings (SSSR count). The molecule has 4 aliphatic rings. The van der Waals surface area contributed by atoms with Crippen LogP contribution < -0.4 is 9.47 Å². The van der Waals surface area contributed by atoms with Gasteiger partial charge in [-0.05, 0) is 95.4 Å². The minimum atomic E-state index is -0.823. The maximum atomic E-state index is 7.66. The van der Waals surface area contributed by atoms with Crippen molar-refractivity contribution in [2.45, 2.75) is 10.8 Å². The van der Waals surface area contributed by atoms with Crippen LogP contribution in [0.2, 0.25) is 0 Å². The number of rotatable bonds is 7. The van der Waals surface area contributed by atoms with Crippen molar-refractivity contribution < 1.29 is 9.47 Å². The van der Waals surface area contributed by atoms with Gasteiger partial charge in [0, 0.05) is 77.2 Å². The van der Waals surface area contributed by atoms with Crippen LogP contribution in [0.5, 0.6) is 23.0 Å². The van der Waals surface area contributed by atoms with E-state index in [1.165, 1.54) is 11.1 Å². The van der Waals surface area contributed by atoms with E-state index in [1.807, 2.05) is 30.3 Å². The molecule has 0 N–H and O–H groups in total. The van der Waals surface area contributed by atoms with Gasteiger partial charge in [0.1, 0.15) is 23.0 Å². The Morgan fingerprint density at radius 1 is 0.192 bits per heavy atom. The van der Waals surface area contributed by atoms with E-state index in [1.54, 1.807) is 0 Å². The largest absolute Gasteiger partial charge is 0.455 e. The Bertz CT molecular complexity index is 6550. The first kappa shape index (κ1) is 58.1. The van der Waals surface area contributed by atoms with Gasteiger partial charge in [0.05, 0.1) is 22.2 Å². The van der Waals surface area contributed by atoms with E-state index in [2.05, 4.69) is 315 Å². The normalized spacial score (nSPS) is 14.4. The van der Waals surface area contributed by atoms with Crippen LogP contribution >= 0.6 is 0 Å². The molecule has 0 saturated carbocycles. The first-order chi connectivity index (χ1) is 51.5. The topological polar surface area (TPSA) is 82.9 Å². The summed E-state index contributed by atoms with van der Waals surface area (Å²) in [7, 11) is 0. The highest BCUT2D eigenvalue weighted by Gasteiger charge is 2.54. The Balaban J connectivity index is 0.719. The molecule has 4 heterocycles. The Labute approximate surface area is 599 Å². The third-order valence-corrected chi connectivity index (χ3v) is 22.2. The van der Waals surface area contributed by atoms with E-state index < -0.39 is 10.8 Å². The van der Waals surface area contributed by atoms with E-state index >= 15 is 0 Å². The highest BCUT2D eigenvalue weighted by Crippen LogP contribution is 2.67. The summed E-state index contributed by atoms with van der Waals surface area (Å²) in [5.74, 6) is 5.77. The standard InChI is InChI=1S/C97H57N5O2/c1-4-26-62(27-5-1)84-57-85(63-28-6-2-7-29-63)99-94(98-84)73-39-21-43-78-86(73)71-37-16-19-42-77(71)97(78)82-53-49-60-25-12-15-36-70(60)90(82)104-91-75-56-66(46-45-61(75)50-54-83(91)97)65-32-20-33-67(55-65)93-100-92(64-30-8-3-9-31-64)101-95(102-93)74-40-22-44-79-87(74)72-38-17-18-41-76(72)96(79)80-51-47-58-23-10-13-34-68(58)88(80)103-89-69-35-14-11-24-59(69)48-52-81(89)96/h1-57H. The van der Waals surface area contributed by atoms with Crippen LogP contribution in [0.4, 0.5) is 0 Å². The number of aromatic nitrogens is 5. The predicted octanol–water partition coefficient (Wildman–Crippen LogP) is 23.9. The zero-order valence-corrected chi connectivity index (χ0v) is 56.0. The molecule has 7 heteroatoms. The van der Waals surface area contributed by atoms with Crippen molar-refractivity contribution in [2.75, 3.05) is 0 Å². The Kier molecular flexibility index (Phi) is 12.5. The lowest BCUT2D eigenvalue weighted by Crippen LogP contribution is -2.32. The number of hydrogen-bond acceptors (Lipinski definition) is 7. The number of fused-ring (bicyclic) bond motifs is 26. The van der Waals surface area contributed by atoms with Crippen molar-refractivity contribution in [1.29, 1.82) is 0 Å². The molecule has 7 nitrogen and oxygen atoms in total. The molecule has 0 radical (unpaired) electrons. The number of benzene rings is 16. The van der Waals surface area contributed by atoms with Gasteiger partial charge in [-0.1, -0.05) is 328 Å². The molecule has 16 aromatic carbocycles. The zero-order chi connectivity index (χ0) is 68.2. The van der Waals surface area contributed by atoms with E-state index in [-0.39, 0.29) is 0 Å². The van der Waals surface area contributed by atoms with E-state index in [4.69, 9.17) is 34.4 Å². The molecule has 0 amide bonds. The monoisotopic (exact) mass is 1320 g/mol. The summed E-state index contributed by atoms with van der Waals surface area (Å²) >= 11 is 0. The fraction of sp³-hybridized carbons (Fsp3) is 0.0206. The highest BCUT2D eigenvalue weighted by molar-refractivity contribution is 6.05. The molecule has 0 saturated heterocycles. The fourth-order valence-electron chi connectivity index (χ4n) is 17.8. The van der Waals surface area contributed by atoms with Gasteiger partial charge in [-0.2, -0.15) is 0 Å². The molecule has 0 bridgehead atoms. The SMILES string of the molecule is c1ccc(-c2cc(-c3ccccc3)nc(-c3cccc4c3-c3ccccc3C43c4ccc5ccccc5c4Oc4c3ccc3ccc(-c5cccc(-c6nc(-c7ccccc7)nc(-c7cccc8c7-c7ccccc7C87c8ccc9ccccc9c8Oc8c7ccc7ccccc87)n6)c5)cc43)n2)cc1. The molecule has 1 unspecified atom stereocenters. The summed E-state index contributed by atoms with van der Waals surface area (Å²) in [6.45, 7) is 0. The average Bonchev–Trinajstić information content (AvgIpc) is 1.47. The predicted molar refractivity (Wildman–Crippen MR) is 418 cm³/mol. The lowest BCUT2D eigenvalue weighted by atomic mass is 9.65. The second-order valence-corrected chi connectivity index (χ2v) is 27.6. The molecule has 104 heavy (non-hydrogen) atoms. The van der Waals surface area contributed by atoms with E-state index in [9.17, 15) is 0 Å². The fourth-order valence-corrected chi connectivity index (χ4v) is 17.8. The second kappa shape index (κ2) is 22.4. The van der Waals surface area contributed by atoms with Gasteiger partial charge in [-0.15, -0.1) is 0 Å². The average molecular weight is 1320 g/mol. The summed E-state index contributed by atoms with van der Waals surface area (Å²) in [5.41, 5.74) is 21.2. The van der Waals surface area contributed by atoms with Crippen molar-refractivity contribution in [3.05, 3.63) is 390 Å². The van der Waals surface area contributed by atoms with Crippen LogP contribution in [-0.4, -0.2) is 24.9 Å². The molecule has 18 aromatic rings. The molecule has 2 aliphatic heterocycles. The van der Waals surface area contributed by atoms with Crippen LogP contribution in [0.1, 0.15) is 44.5 Å².